The summed E-state index contributed by atoms with van der Waals surface area (Å²) in [6.45, 7) is 7.25. The SMILES string of the molecule is COCCOc1nc(N)c2[nH]c(=O)n(Cc3ccc(OC4CCN(C(C)C)C4)nc3)c2n1. The van der Waals surface area contributed by atoms with E-state index in [4.69, 9.17) is 19.9 Å². The van der Waals surface area contributed by atoms with Gasteiger partial charge in [-0.1, -0.05) is 6.07 Å². The summed E-state index contributed by atoms with van der Waals surface area (Å²) in [5.74, 6) is 0.725. The molecule has 11 heteroatoms. The third-order valence-electron chi connectivity index (χ3n) is 5.48. The summed E-state index contributed by atoms with van der Waals surface area (Å²) in [4.78, 5) is 30.5. The quantitative estimate of drug-likeness (QED) is 0.465. The second kappa shape index (κ2) is 9.53. The topological polar surface area (TPSA) is 133 Å². The van der Waals surface area contributed by atoms with Gasteiger partial charge in [-0.15, -0.1) is 0 Å². The predicted octanol–water partition coefficient (Wildman–Crippen LogP) is 1.03. The third-order valence-corrected chi connectivity index (χ3v) is 5.48. The van der Waals surface area contributed by atoms with Crippen molar-refractivity contribution in [1.29, 1.82) is 0 Å². The Labute approximate surface area is 185 Å². The number of nitrogens with zero attached hydrogens (tertiary/aromatic N) is 5. The molecule has 32 heavy (non-hydrogen) atoms. The van der Waals surface area contributed by atoms with Crippen LogP contribution in [0.4, 0.5) is 5.82 Å². The highest BCUT2D eigenvalue weighted by Crippen LogP contribution is 2.20. The van der Waals surface area contributed by atoms with Crippen LogP contribution >= 0.6 is 0 Å². The van der Waals surface area contributed by atoms with Crippen molar-refractivity contribution in [2.75, 3.05) is 39.1 Å². The first-order chi connectivity index (χ1) is 15.4. The number of rotatable bonds is 9. The molecular weight excluding hydrogens is 414 g/mol. The molecule has 1 atom stereocenters. The van der Waals surface area contributed by atoms with Gasteiger partial charge in [-0.2, -0.15) is 9.97 Å². The number of methoxy groups -OCH3 is 1. The van der Waals surface area contributed by atoms with Gasteiger partial charge in [0.2, 0.25) is 5.88 Å². The number of fused-ring (bicyclic) bond motifs is 1. The van der Waals surface area contributed by atoms with Crippen LogP contribution in [0.2, 0.25) is 0 Å². The van der Waals surface area contributed by atoms with Crippen LogP contribution in [0.3, 0.4) is 0 Å². The molecule has 0 radical (unpaired) electrons. The fraction of sp³-hybridized carbons (Fsp3) is 0.524. The molecule has 172 valence electrons. The Bertz CT molecular complexity index is 1110. The summed E-state index contributed by atoms with van der Waals surface area (Å²) in [6.07, 6.45) is 2.83. The van der Waals surface area contributed by atoms with Crippen LogP contribution in [-0.4, -0.2) is 75.0 Å². The van der Waals surface area contributed by atoms with Gasteiger partial charge >= 0.3 is 11.7 Å². The van der Waals surface area contributed by atoms with Crippen molar-refractivity contribution in [2.45, 2.75) is 39.0 Å². The molecule has 1 saturated heterocycles. The van der Waals surface area contributed by atoms with E-state index in [9.17, 15) is 4.79 Å². The van der Waals surface area contributed by atoms with Crippen LogP contribution in [0.5, 0.6) is 11.9 Å². The molecule has 0 amide bonds. The van der Waals surface area contributed by atoms with E-state index in [1.165, 1.54) is 4.57 Å². The molecule has 1 fully saturated rings. The van der Waals surface area contributed by atoms with E-state index in [1.807, 2.05) is 12.1 Å². The van der Waals surface area contributed by atoms with Gasteiger partial charge in [0, 0.05) is 38.5 Å². The molecule has 1 aliphatic heterocycles. The van der Waals surface area contributed by atoms with E-state index in [-0.39, 0.29) is 36.8 Å². The molecule has 1 aliphatic rings. The number of aromatic nitrogens is 5. The Morgan fingerprint density at radius 3 is 2.81 bits per heavy atom. The number of likely N-dealkylation sites (tertiary alicyclic amines) is 1. The minimum absolute atomic E-state index is 0.0914. The summed E-state index contributed by atoms with van der Waals surface area (Å²) in [5.41, 5.74) is 7.22. The van der Waals surface area contributed by atoms with Gasteiger partial charge in [0.05, 0.1) is 13.2 Å². The summed E-state index contributed by atoms with van der Waals surface area (Å²) < 4.78 is 17.9. The minimum atomic E-state index is -0.338. The molecule has 0 bridgehead atoms. The van der Waals surface area contributed by atoms with Crippen LogP contribution in [0.25, 0.3) is 11.2 Å². The Morgan fingerprint density at radius 1 is 1.28 bits per heavy atom. The molecule has 4 rings (SSSR count). The van der Waals surface area contributed by atoms with E-state index in [1.54, 1.807) is 13.3 Å². The number of H-pyrrole nitrogens is 1. The van der Waals surface area contributed by atoms with Crippen molar-refractivity contribution >= 4 is 17.0 Å². The maximum absolute atomic E-state index is 12.5. The summed E-state index contributed by atoms with van der Waals surface area (Å²) in [6, 6.07) is 4.32. The summed E-state index contributed by atoms with van der Waals surface area (Å²) >= 11 is 0. The zero-order chi connectivity index (χ0) is 22.7. The van der Waals surface area contributed by atoms with E-state index in [0.717, 1.165) is 25.1 Å². The molecule has 0 spiro atoms. The van der Waals surface area contributed by atoms with E-state index < -0.39 is 0 Å². The second-order valence-corrected chi connectivity index (χ2v) is 8.07. The lowest BCUT2D eigenvalue weighted by Crippen LogP contribution is -2.30. The average molecular weight is 444 g/mol. The van der Waals surface area contributed by atoms with Gasteiger partial charge in [-0.25, -0.2) is 9.78 Å². The van der Waals surface area contributed by atoms with Crippen LogP contribution in [0, 0.1) is 0 Å². The van der Waals surface area contributed by atoms with Gasteiger partial charge in [0.15, 0.2) is 11.5 Å². The second-order valence-electron chi connectivity index (χ2n) is 8.07. The Balaban J connectivity index is 1.48. The first-order valence-corrected chi connectivity index (χ1v) is 10.7. The highest BCUT2D eigenvalue weighted by atomic mass is 16.5. The molecule has 3 aromatic rings. The Kier molecular flexibility index (Phi) is 6.56. The third kappa shape index (κ3) is 4.83. The molecule has 4 heterocycles. The van der Waals surface area contributed by atoms with Gasteiger partial charge < -0.3 is 24.9 Å². The number of anilines is 1. The fourth-order valence-electron chi connectivity index (χ4n) is 3.71. The summed E-state index contributed by atoms with van der Waals surface area (Å²) in [7, 11) is 1.57. The standard InChI is InChI=1S/C21H29N7O4/c1-13(2)27-7-6-15(12-27)32-16-5-4-14(10-23-16)11-28-19-17(24-21(28)29)18(22)25-20(26-19)31-9-8-30-3/h4-5,10,13,15H,6-9,11-12H2,1-3H3,(H,24,29)(H2,22,25,26). The van der Waals surface area contributed by atoms with E-state index >= 15 is 0 Å². The molecule has 0 aliphatic carbocycles. The van der Waals surface area contributed by atoms with Crippen LogP contribution in [-0.2, 0) is 11.3 Å². The number of nitrogens with one attached hydrogen (secondary N) is 1. The summed E-state index contributed by atoms with van der Waals surface area (Å²) in [5, 5.41) is 0. The molecule has 3 aromatic heterocycles. The first-order valence-electron chi connectivity index (χ1n) is 10.7. The molecule has 1 unspecified atom stereocenters. The van der Waals surface area contributed by atoms with Gasteiger partial charge in [-0.05, 0) is 25.8 Å². The number of hydrogen-bond donors (Lipinski definition) is 2. The molecule has 0 saturated carbocycles. The van der Waals surface area contributed by atoms with Crippen LogP contribution in [0.1, 0.15) is 25.8 Å². The largest absolute Gasteiger partial charge is 0.473 e. The van der Waals surface area contributed by atoms with Crippen molar-refractivity contribution < 1.29 is 14.2 Å². The highest BCUT2D eigenvalue weighted by molar-refractivity contribution is 5.81. The van der Waals surface area contributed by atoms with Crippen molar-refractivity contribution in [1.82, 2.24) is 29.4 Å². The van der Waals surface area contributed by atoms with Crippen molar-refractivity contribution in [3.05, 3.63) is 34.4 Å². The minimum Gasteiger partial charge on any atom is -0.473 e. The zero-order valence-electron chi connectivity index (χ0n) is 18.6. The Morgan fingerprint density at radius 2 is 2.12 bits per heavy atom. The molecule has 11 nitrogen and oxygen atoms in total. The lowest BCUT2D eigenvalue weighted by Gasteiger charge is -2.20. The number of aromatic amines is 1. The van der Waals surface area contributed by atoms with E-state index in [0.29, 0.717) is 29.7 Å². The number of nitrogen functional groups attached to an aromatic ring is 1. The van der Waals surface area contributed by atoms with Gasteiger partial charge in [-0.3, -0.25) is 9.47 Å². The molecule has 3 N–H and O–H groups in total. The van der Waals surface area contributed by atoms with Crippen molar-refractivity contribution in [2.24, 2.45) is 0 Å². The van der Waals surface area contributed by atoms with E-state index in [2.05, 4.69) is 38.7 Å². The normalized spacial score (nSPS) is 16.8. The predicted molar refractivity (Wildman–Crippen MR) is 119 cm³/mol. The maximum Gasteiger partial charge on any atom is 0.328 e. The van der Waals surface area contributed by atoms with Crippen LogP contribution in [0.15, 0.2) is 23.1 Å². The zero-order valence-corrected chi connectivity index (χ0v) is 18.6. The number of hydrogen-bond acceptors (Lipinski definition) is 9. The van der Waals surface area contributed by atoms with Gasteiger partial charge in [0.25, 0.3) is 0 Å². The Hall–Kier alpha value is -3.18. The number of ether oxygens (including phenoxy) is 3. The smallest absolute Gasteiger partial charge is 0.328 e. The lowest BCUT2D eigenvalue weighted by atomic mass is 10.3. The number of imidazole rings is 1. The fourth-order valence-corrected chi connectivity index (χ4v) is 3.71. The van der Waals surface area contributed by atoms with Crippen molar-refractivity contribution in [3.63, 3.8) is 0 Å². The molecular formula is C21H29N7O4. The lowest BCUT2D eigenvalue weighted by molar-refractivity contribution is 0.141. The first kappa shape index (κ1) is 22.0. The monoisotopic (exact) mass is 443 g/mol. The number of nitrogens with two attached hydrogens (primary N) is 1. The van der Waals surface area contributed by atoms with Gasteiger partial charge in [0.1, 0.15) is 18.2 Å². The maximum atomic E-state index is 12.5. The number of pyridine rings is 1. The highest BCUT2D eigenvalue weighted by Gasteiger charge is 2.25. The van der Waals surface area contributed by atoms with Crippen LogP contribution < -0.4 is 20.9 Å². The average Bonchev–Trinajstić information content (AvgIpc) is 3.35. The molecule has 0 aromatic carbocycles. The van der Waals surface area contributed by atoms with Crippen molar-refractivity contribution in [3.8, 4) is 11.9 Å².